The molecule has 1 heterocycles. The first-order valence-electron chi connectivity index (χ1n) is 7.73. The summed E-state index contributed by atoms with van der Waals surface area (Å²) in [7, 11) is 0. The summed E-state index contributed by atoms with van der Waals surface area (Å²) >= 11 is 0. The van der Waals surface area contributed by atoms with E-state index in [4.69, 9.17) is 0 Å². The minimum Gasteiger partial charge on any atom is -0.508 e. The largest absolute Gasteiger partial charge is 0.508 e. The maximum atomic E-state index is 10.2. The monoisotopic (exact) mass is 281 g/mol. The average Bonchev–Trinajstić information content (AvgIpc) is 2.97. The third-order valence-corrected chi connectivity index (χ3v) is 4.67. The van der Waals surface area contributed by atoms with E-state index in [2.05, 4.69) is 54.3 Å². The van der Waals surface area contributed by atoms with Crippen LogP contribution in [0.4, 0.5) is 0 Å². The van der Waals surface area contributed by atoms with Crippen LogP contribution >= 0.6 is 0 Å². The van der Waals surface area contributed by atoms with Crippen LogP contribution in [0.2, 0.25) is 0 Å². The normalized spacial score (nSPS) is 20.6. The summed E-state index contributed by atoms with van der Waals surface area (Å²) in [5.74, 6) is 1.03. The second kappa shape index (κ2) is 5.90. The minimum absolute atomic E-state index is 0.263. The maximum Gasteiger partial charge on any atom is 0.120 e. The van der Waals surface area contributed by atoms with Crippen LogP contribution in [-0.4, -0.2) is 23.1 Å². The molecule has 2 heteroatoms. The minimum atomic E-state index is 0.263. The van der Waals surface area contributed by atoms with Gasteiger partial charge in [-0.15, -0.1) is 0 Å². The molecule has 21 heavy (non-hydrogen) atoms. The number of phenolic OH excluding ortho intramolecular Hbond substituents is 1. The van der Waals surface area contributed by atoms with Crippen LogP contribution in [0.3, 0.4) is 0 Å². The first-order valence-corrected chi connectivity index (χ1v) is 7.73. The fourth-order valence-corrected chi connectivity index (χ4v) is 3.34. The van der Waals surface area contributed by atoms with E-state index in [9.17, 15) is 5.11 Å². The van der Waals surface area contributed by atoms with Crippen molar-refractivity contribution in [2.24, 2.45) is 0 Å². The number of rotatable bonds is 3. The van der Waals surface area contributed by atoms with Gasteiger partial charge in [0.25, 0.3) is 0 Å². The van der Waals surface area contributed by atoms with Gasteiger partial charge in [-0.25, -0.2) is 0 Å². The first kappa shape index (κ1) is 14.2. The number of aryl methyl sites for hydroxylation is 1. The molecular weight excluding hydrogens is 258 g/mol. The molecule has 0 aliphatic carbocycles. The molecular formula is C19H23NO. The Morgan fingerprint density at radius 1 is 1.14 bits per heavy atom. The fraction of sp³-hybridized carbons (Fsp3) is 0.368. The number of benzene rings is 2. The van der Waals surface area contributed by atoms with E-state index in [1.807, 2.05) is 13.0 Å². The van der Waals surface area contributed by atoms with E-state index >= 15 is 0 Å². The Balaban J connectivity index is 1.74. The van der Waals surface area contributed by atoms with Gasteiger partial charge in [-0.3, -0.25) is 4.90 Å². The van der Waals surface area contributed by atoms with Crippen molar-refractivity contribution in [3.8, 4) is 5.75 Å². The highest BCUT2D eigenvalue weighted by Gasteiger charge is 2.28. The Hall–Kier alpha value is -1.80. The van der Waals surface area contributed by atoms with Gasteiger partial charge in [0.15, 0.2) is 0 Å². The van der Waals surface area contributed by atoms with Gasteiger partial charge in [0.1, 0.15) is 5.75 Å². The maximum absolute atomic E-state index is 10.2. The van der Waals surface area contributed by atoms with Gasteiger partial charge in [0, 0.05) is 18.2 Å². The highest BCUT2D eigenvalue weighted by atomic mass is 16.3. The molecule has 2 nitrogen and oxygen atoms in total. The quantitative estimate of drug-likeness (QED) is 0.909. The van der Waals surface area contributed by atoms with Crippen LogP contribution in [0.15, 0.2) is 48.5 Å². The number of likely N-dealkylation sites (tertiary alicyclic amines) is 1. The third-order valence-electron chi connectivity index (χ3n) is 4.67. The molecule has 1 N–H and O–H groups in total. The predicted molar refractivity (Wildman–Crippen MR) is 86.6 cm³/mol. The van der Waals surface area contributed by atoms with Crippen LogP contribution in [0, 0.1) is 6.92 Å². The zero-order valence-electron chi connectivity index (χ0n) is 12.8. The lowest BCUT2D eigenvalue weighted by Crippen LogP contribution is -2.24. The van der Waals surface area contributed by atoms with Crippen molar-refractivity contribution < 1.29 is 5.11 Å². The molecule has 3 rings (SSSR count). The summed E-state index contributed by atoms with van der Waals surface area (Å²) in [6.07, 6.45) is 1.20. The summed E-state index contributed by atoms with van der Waals surface area (Å²) in [6.45, 7) is 6.36. The zero-order valence-corrected chi connectivity index (χ0v) is 12.8. The molecule has 0 radical (unpaired) electrons. The molecule has 0 saturated carbocycles. The van der Waals surface area contributed by atoms with Crippen molar-refractivity contribution in [1.29, 1.82) is 0 Å². The fourth-order valence-electron chi connectivity index (χ4n) is 3.34. The third kappa shape index (κ3) is 2.96. The molecule has 1 saturated heterocycles. The first-order chi connectivity index (χ1) is 10.1. The zero-order chi connectivity index (χ0) is 14.8. The second-order valence-corrected chi connectivity index (χ2v) is 6.13. The van der Waals surface area contributed by atoms with Gasteiger partial charge in [-0.1, -0.05) is 42.5 Å². The smallest absolute Gasteiger partial charge is 0.120 e. The van der Waals surface area contributed by atoms with E-state index in [0.717, 1.165) is 24.2 Å². The van der Waals surface area contributed by atoms with Crippen LogP contribution < -0.4 is 0 Å². The lowest BCUT2D eigenvalue weighted by molar-refractivity contribution is 0.254. The van der Waals surface area contributed by atoms with Crippen molar-refractivity contribution in [3.63, 3.8) is 0 Å². The van der Waals surface area contributed by atoms with Gasteiger partial charge < -0.3 is 5.11 Å². The Morgan fingerprint density at radius 3 is 2.62 bits per heavy atom. The molecule has 0 bridgehead atoms. The Morgan fingerprint density at radius 2 is 1.90 bits per heavy atom. The van der Waals surface area contributed by atoms with Gasteiger partial charge in [-0.05, 0) is 49.9 Å². The number of hydrogen-bond acceptors (Lipinski definition) is 2. The number of nitrogens with zero attached hydrogens (tertiary/aromatic N) is 1. The standard InChI is InChI=1S/C19H23NO/c1-14-8-9-18(19(21)12-14)15(2)20-11-10-17(13-20)16-6-4-3-5-7-16/h3-9,12,15,17,21H,10-11,13H2,1-2H3. The van der Waals surface area contributed by atoms with Crippen molar-refractivity contribution in [2.75, 3.05) is 13.1 Å². The van der Waals surface area contributed by atoms with Crippen LogP contribution in [0.1, 0.15) is 42.0 Å². The SMILES string of the molecule is Cc1ccc(C(C)N2CCC(c3ccccc3)C2)c(O)c1. The highest BCUT2D eigenvalue weighted by Crippen LogP contribution is 2.35. The molecule has 0 spiro atoms. The molecule has 2 unspecified atom stereocenters. The predicted octanol–water partition coefficient (Wildman–Crippen LogP) is 4.25. The van der Waals surface area contributed by atoms with Crippen LogP contribution in [-0.2, 0) is 0 Å². The van der Waals surface area contributed by atoms with E-state index in [0.29, 0.717) is 11.7 Å². The molecule has 0 aromatic heterocycles. The molecule has 110 valence electrons. The molecule has 2 aromatic rings. The summed E-state index contributed by atoms with van der Waals surface area (Å²) < 4.78 is 0. The number of hydrogen-bond donors (Lipinski definition) is 1. The van der Waals surface area contributed by atoms with Crippen molar-refractivity contribution in [3.05, 3.63) is 65.2 Å². The van der Waals surface area contributed by atoms with Crippen molar-refractivity contribution in [2.45, 2.75) is 32.2 Å². The molecule has 1 fully saturated rings. The molecule has 2 aromatic carbocycles. The Kier molecular flexibility index (Phi) is 3.98. The van der Waals surface area contributed by atoms with Gasteiger partial charge >= 0.3 is 0 Å². The highest BCUT2D eigenvalue weighted by molar-refractivity contribution is 5.38. The van der Waals surface area contributed by atoms with Gasteiger partial charge in [0.05, 0.1) is 0 Å². The van der Waals surface area contributed by atoms with Crippen molar-refractivity contribution >= 4 is 0 Å². The molecule has 0 amide bonds. The van der Waals surface area contributed by atoms with Crippen LogP contribution in [0.25, 0.3) is 0 Å². The van der Waals surface area contributed by atoms with Gasteiger partial charge in [0.2, 0.25) is 0 Å². The number of aromatic hydroxyl groups is 1. The topological polar surface area (TPSA) is 23.5 Å². The molecule has 2 atom stereocenters. The van der Waals surface area contributed by atoms with E-state index in [1.165, 1.54) is 12.0 Å². The average molecular weight is 281 g/mol. The van der Waals surface area contributed by atoms with E-state index in [-0.39, 0.29) is 6.04 Å². The summed E-state index contributed by atoms with van der Waals surface area (Å²) in [5, 5.41) is 10.2. The van der Waals surface area contributed by atoms with E-state index < -0.39 is 0 Å². The lowest BCUT2D eigenvalue weighted by Gasteiger charge is -2.25. The van der Waals surface area contributed by atoms with E-state index in [1.54, 1.807) is 0 Å². The second-order valence-electron chi connectivity index (χ2n) is 6.13. The molecule has 1 aliphatic rings. The Labute approximate surface area is 127 Å². The summed E-state index contributed by atoms with van der Waals surface area (Å²) in [4.78, 5) is 2.47. The lowest BCUT2D eigenvalue weighted by atomic mass is 9.98. The summed E-state index contributed by atoms with van der Waals surface area (Å²) in [5.41, 5.74) is 3.57. The van der Waals surface area contributed by atoms with Crippen LogP contribution in [0.5, 0.6) is 5.75 Å². The molecule has 1 aliphatic heterocycles. The van der Waals surface area contributed by atoms with Crippen molar-refractivity contribution in [1.82, 2.24) is 4.90 Å². The summed E-state index contributed by atoms with van der Waals surface area (Å²) in [6, 6.07) is 17.0. The Bertz CT molecular complexity index is 608. The number of phenols is 1. The van der Waals surface area contributed by atoms with Gasteiger partial charge in [-0.2, -0.15) is 0 Å².